The Morgan fingerprint density at radius 2 is 2.00 bits per heavy atom. The van der Waals surface area contributed by atoms with E-state index in [1.807, 2.05) is 4.90 Å². The minimum absolute atomic E-state index is 0.0291. The van der Waals surface area contributed by atoms with Gasteiger partial charge in [0.05, 0.1) is 6.54 Å². The predicted octanol–water partition coefficient (Wildman–Crippen LogP) is 2.23. The molecule has 1 saturated carbocycles. The smallest absolute Gasteiger partial charge is 0.409 e. The summed E-state index contributed by atoms with van der Waals surface area (Å²) < 4.78 is 36.2. The quantitative estimate of drug-likeness (QED) is 0.340. The van der Waals surface area contributed by atoms with E-state index in [-0.39, 0.29) is 35.9 Å². The molecule has 0 unspecified atom stereocenters. The number of hydrogen-bond donors (Lipinski definition) is 2. The molecule has 3 N–H and O–H groups in total. The first-order valence-electron chi connectivity index (χ1n) is 5.83. The van der Waals surface area contributed by atoms with Crippen molar-refractivity contribution in [2.75, 3.05) is 18.8 Å². The molecular formula is C10H18F3N3OS. The van der Waals surface area contributed by atoms with E-state index in [0.29, 0.717) is 6.54 Å². The third-order valence-electron chi connectivity index (χ3n) is 2.98. The minimum Gasteiger partial charge on any atom is -0.409 e. The van der Waals surface area contributed by atoms with Crippen LogP contribution in [0.1, 0.15) is 25.7 Å². The lowest BCUT2D eigenvalue weighted by atomic mass is 10.2. The molecule has 0 aromatic heterocycles. The summed E-state index contributed by atoms with van der Waals surface area (Å²) in [7, 11) is 0. The number of oxime groups is 1. The van der Waals surface area contributed by atoms with Crippen LogP contribution in [0.25, 0.3) is 0 Å². The van der Waals surface area contributed by atoms with Gasteiger partial charge in [-0.25, -0.2) is 0 Å². The molecule has 0 heterocycles. The second-order valence-electron chi connectivity index (χ2n) is 4.29. The van der Waals surface area contributed by atoms with E-state index in [2.05, 4.69) is 5.16 Å². The van der Waals surface area contributed by atoms with E-state index < -0.39 is 5.51 Å². The largest absolute Gasteiger partial charge is 0.441 e. The summed E-state index contributed by atoms with van der Waals surface area (Å²) in [6.07, 6.45) is 4.11. The normalized spacial score (nSPS) is 18.8. The van der Waals surface area contributed by atoms with Gasteiger partial charge in [-0.1, -0.05) is 18.0 Å². The van der Waals surface area contributed by atoms with Gasteiger partial charge in [-0.05, 0) is 24.6 Å². The zero-order chi connectivity index (χ0) is 13.6. The van der Waals surface area contributed by atoms with E-state index in [0.717, 1.165) is 25.7 Å². The third kappa shape index (κ3) is 5.81. The van der Waals surface area contributed by atoms with Crippen molar-refractivity contribution in [3.05, 3.63) is 0 Å². The zero-order valence-electron chi connectivity index (χ0n) is 9.99. The fourth-order valence-electron chi connectivity index (χ4n) is 2.18. The van der Waals surface area contributed by atoms with Crippen LogP contribution in [0.4, 0.5) is 13.2 Å². The van der Waals surface area contributed by atoms with Crippen LogP contribution < -0.4 is 5.73 Å². The van der Waals surface area contributed by atoms with E-state index in [1.165, 1.54) is 0 Å². The Morgan fingerprint density at radius 1 is 1.39 bits per heavy atom. The van der Waals surface area contributed by atoms with Crippen molar-refractivity contribution in [1.82, 2.24) is 4.90 Å². The SMILES string of the molecule is NC(CN(CCSC(F)(F)F)C1CCCC1)=NO. The van der Waals surface area contributed by atoms with Crippen LogP contribution in [0.2, 0.25) is 0 Å². The minimum atomic E-state index is -4.20. The highest BCUT2D eigenvalue weighted by atomic mass is 32.2. The predicted molar refractivity (Wildman–Crippen MR) is 65.8 cm³/mol. The first kappa shape index (κ1) is 15.4. The molecule has 0 amide bonds. The number of amidine groups is 1. The Kier molecular flexibility index (Phi) is 6.07. The van der Waals surface area contributed by atoms with Crippen LogP contribution >= 0.6 is 11.8 Å². The van der Waals surface area contributed by atoms with Crippen molar-refractivity contribution >= 4 is 17.6 Å². The number of alkyl halides is 3. The van der Waals surface area contributed by atoms with Crippen molar-refractivity contribution in [3.8, 4) is 0 Å². The first-order chi connectivity index (χ1) is 8.42. The second-order valence-corrected chi connectivity index (χ2v) is 5.45. The van der Waals surface area contributed by atoms with Crippen LogP contribution in [-0.2, 0) is 0 Å². The zero-order valence-corrected chi connectivity index (χ0v) is 10.8. The maximum atomic E-state index is 12.1. The van der Waals surface area contributed by atoms with Crippen LogP contribution in [0.3, 0.4) is 0 Å². The van der Waals surface area contributed by atoms with Gasteiger partial charge < -0.3 is 10.9 Å². The highest BCUT2D eigenvalue weighted by molar-refractivity contribution is 8.00. The van der Waals surface area contributed by atoms with Gasteiger partial charge in [0.15, 0.2) is 5.84 Å². The Balaban J connectivity index is 2.44. The second kappa shape index (κ2) is 7.08. The molecule has 1 fully saturated rings. The fraction of sp³-hybridized carbons (Fsp3) is 0.900. The molecule has 4 nitrogen and oxygen atoms in total. The summed E-state index contributed by atoms with van der Waals surface area (Å²) in [5, 5.41) is 11.4. The molecule has 0 atom stereocenters. The van der Waals surface area contributed by atoms with Crippen LogP contribution in [-0.4, -0.2) is 46.3 Å². The highest BCUT2D eigenvalue weighted by Crippen LogP contribution is 2.30. The van der Waals surface area contributed by atoms with Gasteiger partial charge in [0.1, 0.15) is 0 Å². The molecule has 0 aromatic carbocycles. The monoisotopic (exact) mass is 285 g/mol. The molecule has 0 aliphatic heterocycles. The molecule has 8 heteroatoms. The molecule has 1 rings (SSSR count). The lowest BCUT2D eigenvalue weighted by molar-refractivity contribution is -0.0329. The molecule has 0 aromatic rings. The van der Waals surface area contributed by atoms with E-state index in [4.69, 9.17) is 10.9 Å². The van der Waals surface area contributed by atoms with Gasteiger partial charge in [0, 0.05) is 18.3 Å². The van der Waals surface area contributed by atoms with Crippen molar-refractivity contribution in [1.29, 1.82) is 0 Å². The summed E-state index contributed by atoms with van der Waals surface area (Å²) in [5.74, 6) is 0.0116. The first-order valence-corrected chi connectivity index (χ1v) is 6.82. The number of halogens is 3. The molecular weight excluding hydrogens is 267 g/mol. The fourth-order valence-corrected chi connectivity index (χ4v) is 2.74. The van der Waals surface area contributed by atoms with E-state index in [9.17, 15) is 13.2 Å². The Labute approximate surface area is 108 Å². The Morgan fingerprint density at radius 3 is 2.50 bits per heavy atom. The van der Waals surface area contributed by atoms with Gasteiger partial charge in [0.25, 0.3) is 0 Å². The summed E-state index contributed by atoms with van der Waals surface area (Å²) in [5.41, 5.74) is 1.23. The number of thioether (sulfide) groups is 1. The van der Waals surface area contributed by atoms with Crippen LogP contribution in [0, 0.1) is 0 Å². The summed E-state index contributed by atoms with van der Waals surface area (Å²) >= 11 is -0.0295. The average Bonchev–Trinajstić information content (AvgIpc) is 2.79. The molecule has 0 bridgehead atoms. The summed E-state index contributed by atoms with van der Waals surface area (Å²) in [6, 6.07) is 0.249. The molecule has 18 heavy (non-hydrogen) atoms. The summed E-state index contributed by atoms with van der Waals surface area (Å²) in [6.45, 7) is 0.518. The van der Waals surface area contributed by atoms with E-state index >= 15 is 0 Å². The highest BCUT2D eigenvalue weighted by Gasteiger charge is 2.29. The maximum Gasteiger partial charge on any atom is 0.441 e. The third-order valence-corrected chi connectivity index (χ3v) is 3.69. The maximum absolute atomic E-state index is 12.1. The average molecular weight is 285 g/mol. The van der Waals surface area contributed by atoms with Crippen molar-refractivity contribution in [2.24, 2.45) is 10.9 Å². The van der Waals surface area contributed by atoms with E-state index in [1.54, 1.807) is 0 Å². The Bertz CT molecular complexity index is 280. The van der Waals surface area contributed by atoms with Gasteiger partial charge >= 0.3 is 5.51 Å². The lowest BCUT2D eigenvalue weighted by Crippen LogP contribution is -2.41. The number of nitrogens with zero attached hydrogens (tertiary/aromatic N) is 2. The number of nitrogens with two attached hydrogens (primary N) is 1. The van der Waals surface area contributed by atoms with Gasteiger partial charge in [0.2, 0.25) is 0 Å². The molecule has 0 saturated heterocycles. The molecule has 106 valence electrons. The van der Waals surface area contributed by atoms with Gasteiger partial charge in [-0.2, -0.15) is 13.2 Å². The summed E-state index contributed by atoms with van der Waals surface area (Å²) in [4.78, 5) is 1.88. The van der Waals surface area contributed by atoms with Gasteiger partial charge in [-0.15, -0.1) is 0 Å². The molecule has 1 aliphatic rings. The number of rotatable bonds is 6. The van der Waals surface area contributed by atoms with Crippen LogP contribution in [0.15, 0.2) is 5.16 Å². The van der Waals surface area contributed by atoms with Crippen LogP contribution in [0.5, 0.6) is 0 Å². The standard InChI is InChI=1S/C10H18F3N3OS/c11-10(12,13)18-6-5-16(7-9(14)15-17)8-3-1-2-4-8/h8,17H,1-7H2,(H2,14,15). The van der Waals surface area contributed by atoms with Crippen molar-refractivity contribution in [2.45, 2.75) is 37.2 Å². The van der Waals surface area contributed by atoms with Crippen molar-refractivity contribution < 1.29 is 18.4 Å². The lowest BCUT2D eigenvalue weighted by Gasteiger charge is -2.28. The Hall–Kier alpha value is -0.630. The van der Waals surface area contributed by atoms with Gasteiger partial charge in [-0.3, -0.25) is 4.90 Å². The molecule has 1 aliphatic carbocycles. The molecule has 0 radical (unpaired) electrons. The number of hydrogen-bond acceptors (Lipinski definition) is 4. The van der Waals surface area contributed by atoms with Crippen molar-refractivity contribution in [3.63, 3.8) is 0 Å². The molecule has 0 spiro atoms. The topological polar surface area (TPSA) is 61.8 Å².